The van der Waals surface area contributed by atoms with Gasteiger partial charge in [0.25, 0.3) is 5.91 Å². The first-order valence-electron chi connectivity index (χ1n) is 10.5. The Morgan fingerprint density at radius 1 is 1.03 bits per heavy atom. The predicted octanol–water partition coefficient (Wildman–Crippen LogP) is 4.17. The number of primary amides is 1. The third kappa shape index (κ3) is 5.00. The number of nitrogens with one attached hydrogen (secondary N) is 3. The minimum atomic E-state index is -1.03. The number of hydrogen-bond acceptors (Lipinski definition) is 6. The second-order valence-electron chi connectivity index (χ2n) is 7.78. The Kier molecular flexibility index (Phi) is 6.25. The summed E-state index contributed by atoms with van der Waals surface area (Å²) in [6.45, 7) is 0. The van der Waals surface area contributed by atoms with Crippen molar-refractivity contribution in [2.24, 2.45) is 5.73 Å². The molecule has 2 amide bonds. The highest BCUT2D eigenvalue weighted by Crippen LogP contribution is 2.29. The lowest BCUT2D eigenvalue weighted by molar-refractivity contribution is 0.100. The quantitative estimate of drug-likeness (QED) is 0.375. The van der Waals surface area contributed by atoms with Crippen molar-refractivity contribution < 1.29 is 19.2 Å². The van der Waals surface area contributed by atoms with Crippen LogP contribution >= 0.6 is 0 Å². The first-order chi connectivity index (χ1) is 15.5. The van der Waals surface area contributed by atoms with Crippen molar-refractivity contribution in [3.63, 3.8) is 0 Å². The second kappa shape index (κ2) is 9.42. The summed E-state index contributed by atoms with van der Waals surface area (Å²) < 4.78 is 5.40. The van der Waals surface area contributed by atoms with E-state index in [9.17, 15) is 9.59 Å². The zero-order chi connectivity index (χ0) is 22.5. The summed E-state index contributed by atoms with van der Waals surface area (Å²) >= 11 is 0. The van der Waals surface area contributed by atoms with Crippen molar-refractivity contribution in [2.75, 3.05) is 10.6 Å². The molecule has 0 bridgehead atoms. The number of aromatic nitrogens is 1. The first-order valence-corrected chi connectivity index (χ1v) is 10.5. The lowest BCUT2D eigenvalue weighted by Gasteiger charge is -2.32. The van der Waals surface area contributed by atoms with Gasteiger partial charge in [-0.15, -0.1) is 0 Å². The Morgan fingerprint density at radius 2 is 1.78 bits per heavy atom. The van der Waals surface area contributed by atoms with Gasteiger partial charge < -0.3 is 31.3 Å². The number of carboxylic acid groups (broad SMARTS) is 1. The number of carbonyl (C=O) groups excluding carboxylic acids is 1. The summed E-state index contributed by atoms with van der Waals surface area (Å²) in [5.74, 6) is -0.212. The summed E-state index contributed by atoms with van der Waals surface area (Å²) in [5.41, 5.74) is 8.63. The van der Waals surface area contributed by atoms with E-state index in [1.54, 1.807) is 24.3 Å². The van der Waals surface area contributed by atoms with Gasteiger partial charge in [0.05, 0.1) is 17.3 Å². The average Bonchev–Trinajstić information content (AvgIpc) is 3.24. The molecule has 1 heterocycles. The van der Waals surface area contributed by atoms with E-state index < -0.39 is 12.0 Å². The molecule has 166 valence electrons. The van der Waals surface area contributed by atoms with Crippen LogP contribution in [0.3, 0.4) is 0 Å². The van der Waals surface area contributed by atoms with E-state index in [1.165, 1.54) is 0 Å². The molecule has 0 unspecified atom stereocenters. The molecule has 3 aromatic rings. The van der Waals surface area contributed by atoms with Crippen molar-refractivity contribution >= 4 is 29.3 Å². The fourth-order valence-electron chi connectivity index (χ4n) is 4.01. The Hall–Kier alpha value is -4.01. The standard InChI is InChI=1S/C23H25N5O4/c24-22(29)16-11-10-15(25-17-8-4-5-9-18(17)27-23(30)31)12-20(16)26-21-13-19(28-32-21)14-6-2-1-3-7-14/h1-3,6-7,10-13,17-18,25-27H,4-5,8-9H2,(H2,24,29)(H,30,31)/t17-,18+/m1/s1. The number of carbonyl (C=O) groups is 2. The monoisotopic (exact) mass is 435 g/mol. The highest BCUT2D eigenvalue weighted by Gasteiger charge is 2.26. The molecule has 9 heteroatoms. The van der Waals surface area contributed by atoms with Gasteiger partial charge in [-0.2, -0.15) is 0 Å². The van der Waals surface area contributed by atoms with Crippen molar-refractivity contribution in [2.45, 2.75) is 37.8 Å². The van der Waals surface area contributed by atoms with Crippen LogP contribution in [0.2, 0.25) is 0 Å². The van der Waals surface area contributed by atoms with Crippen LogP contribution in [0.5, 0.6) is 0 Å². The van der Waals surface area contributed by atoms with E-state index >= 15 is 0 Å². The van der Waals surface area contributed by atoms with Crippen LogP contribution in [-0.4, -0.2) is 34.3 Å². The molecule has 2 atom stereocenters. The first kappa shape index (κ1) is 21.2. The molecule has 0 aliphatic heterocycles. The van der Waals surface area contributed by atoms with Crippen LogP contribution in [0.4, 0.5) is 22.1 Å². The minimum Gasteiger partial charge on any atom is -0.465 e. The Balaban J connectivity index is 1.55. The van der Waals surface area contributed by atoms with Crippen molar-refractivity contribution in [3.05, 3.63) is 60.2 Å². The zero-order valence-corrected chi connectivity index (χ0v) is 17.4. The van der Waals surface area contributed by atoms with Crippen molar-refractivity contribution in [1.82, 2.24) is 10.5 Å². The SMILES string of the molecule is NC(=O)c1ccc(N[C@@H]2CCCC[C@@H]2NC(=O)O)cc1Nc1cc(-c2ccccc2)no1. The number of nitrogens with two attached hydrogens (primary N) is 1. The maximum absolute atomic E-state index is 12.0. The number of hydrogen-bond donors (Lipinski definition) is 5. The van der Waals surface area contributed by atoms with E-state index in [2.05, 4.69) is 21.1 Å². The topological polar surface area (TPSA) is 143 Å². The molecule has 2 aromatic carbocycles. The number of amides is 2. The van der Waals surface area contributed by atoms with Gasteiger partial charge in [0.2, 0.25) is 5.88 Å². The molecular formula is C23H25N5O4. The molecule has 4 rings (SSSR count). The third-order valence-corrected chi connectivity index (χ3v) is 5.55. The summed E-state index contributed by atoms with van der Waals surface area (Å²) in [6, 6.07) is 16.2. The Bertz CT molecular complexity index is 1100. The summed E-state index contributed by atoms with van der Waals surface area (Å²) in [5, 5.41) is 22.3. The normalized spacial score (nSPS) is 18.0. The van der Waals surface area contributed by atoms with Crippen LogP contribution in [-0.2, 0) is 0 Å². The molecular weight excluding hydrogens is 410 g/mol. The molecule has 1 fully saturated rings. The lowest BCUT2D eigenvalue weighted by atomic mass is 9.90. The van der Waals surface area contributed by atoms with Gasteiger partial charge in [0, 0.05) is 23.4 Å². The van der Waals surface area contributed by atoms with Gasteiger partial charge in [0.1, 0.15) is 5.69 Å². The van der Waals surface area contributed by atoms with E-state index in [0.717, 1.165) is 36.9 Å². The molecule has 1 aliphatic rings. The molecule has 6 N–H and O–H groups in total. The van der Waals surface area contributed by atoms with E-state index in [4.69, 9.17) is 15.4 Å². The molecule has 0 radical (unpaired) electrons. The minimum absolute atomic E-state index is 0.0536. The maximum atomic E-state index is 12.0. The van der Waals surface area contributed by atoms with Crippen molar-refractivity contribution in [1.29, 1.82) is 0 Å². The number of benzene rings is 2. The number of nitrogens with zero attached hydrogens (tertiary/aromatic N) is 1. The molecule has 1 aliphatic carbocycles. The van der Waals surface area contributed by atoms with Gasteiger partial charge in [-0.25, -0.2) is 4.79 Å². The molecule has 0 saturated heterocycles. The smallest absolute Gasteiger partial charge is 0.404 e. The summed E-state index contributed by atoms with van der Waals surface area (Å²) in [6.07, 6.45) is 2.57. The van der Waals surface area contributed by atoms with E-state index in [-0.39, 0.29) is 12.1 Å². The van der Waals surface area contributed by atoms with Gasteiger partial charge >= 0.3 is 6.09 Å². The average molecular weight is 435 g/mol. The van der Waals surface area contributed by atoms with Gasteiger partial charge in [-0.05, 0) is 31.0 Å². The summed E-state index contributed by atoms with van der Waals surface area (Å²) in [7, 11) is 0. The Morgan fingerprint density at radius 3 is 2.50 bits per heavy atom. The third-order valence-electron chi connectivity index (χ3n) is 5.55. The highest BCUT2D eigenvalue weighted by atomic mass is 16.5. The predicted molar refractivity (Wildman–Crippen MR) is 121 cm³/mol. The molecule has 0 spiro atoms. The van der Waals surface area contributed by atoms with Crippen LogP contribution in [0.1, 0.15) is 36.0 Å². The second-order valence-corrected chi connectivity index (χ2v) is 7.78. The zero-order valence-electron chi connectivity index (χ0n) is 17.4. The van der Waals surface area contributed by atoms with Crippen molar-refractivity contribution in [3.8, 4) is 11.3 Å². The van der Waals surface area contributed by atoms with Crippen LogP contribution in [0, 0.1) is 0 Å². The highest BCUT2D eigenvalue weighted by molar-refractivity contribution is 5.99. The fourth-order valence-corrected chi connectivity index (χ4v) is 4.01. The Labute approximate surface area is 185 Å². The van der Waals surface area contributed by atoms with E-state index in [1.807, 2.05) is 30.3 Å². The van der Waals surface area contributed by atoms with Crippen LogP contribution in [0.15, 0.2) is 59.1 Å². The van der Waals surface area contributed by atoms with E-state index in [0.29, 0.717) is 22.8 Å². The molecule has 9 nitrogen and oxygen atoms in total. The molecule has 32 heavy (non-hydrogen) atoms. The number of rotatable bonds is 7. The lowest BCUT2D eigenvalue weighted by Crippen LogP contribution is -2.48. The largest absolute Gasteiger partial charge is 0.465 e. The van der Waals surface area contributed by atoms with Crippen LogP contribution in [0.25, 0.3) is 11.3 Å². The fraction of sp³-hybridized carbons (Fsp3) is 0.261. The van der Waals surface area contributed by atoms with Gasteiger partial charge in [-0.1, -0.05) is 48.3 Å². The molecule has 1 aromatic heterocycles. The number of anilines is 3. The van der Waals surface area contributed by atoms with Crippen LogP contribution < -0.4 is 21.7 Å². The summed E-state index contributed by atoms with van der Waals surface area (Å²) in [4.78, 5) is 23.1. The molecule has 1 saturated carbocycles. The van der Waals surface area contributed by atoms with Gasteiger partial charge in [-0.3, -0.25) is 4.79 Å². The van der Waals surface area contributed by atoms with Gasteiger partial charge in [0.15, 0.2) is 0 Å². The maximum Gasteiger partial charge on any atom is 0.404 e.